The van der Waals surface area contributed by atoms with Gasteiger partial charge in [0.2, 0.25) is 5.91 Å². The third-order valence-electron chi connectivity index (χ3n) is 2.63. The molecule has 0 bridgehead atoms. The van der Waals surface area contributed by atoms with Gasteiger partial charge in [-0.1, -0.05) is 20.3 Å². The fraction of sp³-hybridized carbons (Fsp3) is 0.727. The van der Waals surface area contributed by atoms with E-state index < -0.39 is 30.4 Å². The molecule has 0 rings (SSSR count). The van der Waals surface area contributed by atoms with Crippen molar-refractivity contribution in [3.63, 3.8) is 0 Å². The van der Waals surface area contributed by atoms with Crippen molar-refractivity contribution in [1.82, 2.24) is 10.2 Å². The van der Waals surface area contributed by atoms with Crippen LogP contribution in [0.3, 0.4) is 0 Å². The van der Waals surface area contributed by atoms with Gasteiger partial charge in [-0.25, -0.2) is 9.59 Å². The van der Waals surface area contributed by atoms with Crippen LogP contribution < -0.4 is 11.1 Å². The Morgan fingerprint density at radius 1 is 1.39 bits per heavy atom. The van der Waals surface area contributed by atoms with Crippen molar-refractivity contribution in [2.24, 2.45) is 11.7 Å². The van der Waals surface area contributed by atoms with E-state index in [0.29, 0.717) is 12.5 Å². The number of nitrogens with two attached hydrogens (primary N) is 1. The van der Waals surface area contributed by atoms with E-state index in [1.54, 1.807) is 7.05 Å². The molecule has 104 valence electrons. The molecule has 7 nitrogen and oxygen atoms in total. The summed E-state index contributed by atoms with van der Waals surface area (Å²) < 4.78 is 0. The van der Waals surface area contributed by atoms with Crippen LogP contribution >= 0.6 is 0 Å². The molecule has 0 aromatic rings. The molecule has 0 aliphatic carbocycles. The minimum absolute atomic E-state index is 0.320. The number of carbonyl (C=O) groups excluding carboxylic acids is 2. The Labute approximate surface area is 106 Å². The monoisotopic (exact) mass is 259 g/mol. The molecular weight excluding hydrogens is 238 g/mol. The van der Waals surface area contributed by atoms with E-state index in [0.717, 1.165) is 6.42 Å². The van der Waals surface area contributed by atoms with Crippen molar-refractivity contribution >= 4 is 17.9 Å². The van der Waals surface area contributed by atoms with Gasteiger partial charge in [0.25, 0.3) is 0 Å². The minimum Gasteiger partial charge on any atom is -0.480 e. The maximum Gasteiger partial charge on any atom is 0.326 e. The fourth-order valence-corrected chi connectivity index (χ4v) is 1.34. The predicted octanol–water partition coefficient (Wildman–Crippen LogP) is 0.00250. The van der Waals surface area contributed by atoms with Crippen LogP contribution in [0.15, 0.2) is 0 Å². The van der Waals surface area contributed by atoms with Crippen LogP contribution in [0, 0.1) is 5.92 Å². The SMILES string of the molecule is CCC(C)CN(C)C(=O)N[C@@H](CC(N)=O)C(=O)O. The number of amides is 3. The van der Waals surface area contributed by atoms with Gasteiger partial charge in [0, 0.05) is 13.6 Å². The number of carbonyl (C=O) groups is 3. The Morgan fingerprint density at radius 3 is 2.33 bits per heavy atom. The molecule has 0 aliphatic heterocycles. The van der Waals surface area contributed by atoms with Gasteiger partial charge in [0.15, 0.2) is 0 Å². The van der Waals surface area contributed by atoms with Crippen LogP contribution in [0.25, 0.3) is 0 Å². The van der Waals surface area contributed by atoms with Crippen LogP contribution in [-0.2, 0) is 9.59 Å². The van der Waals surface area contributed by atoms with Gasteiger partial charge >= 0.3 is 12.0 Å². The molecule has 0 aliphatic rings. The summed E-state index contributed by atoms with van der Waals surface area (Å²) in [6.45, 7) is 4.51. The summed E-state index contributed by atoms with van der Waals surface area (Å²) in [6.07, 6.45) is 0.500. The average Bonchev–Trinajstić information content (AvgIpc) is 2.26. The van der Waals surface area contributed by atoms with E-state index >= 15 is 0 Å². The molecule has 7 heteroatoms. The lowest BCUT2D eigenvalue weighted by molar-refractivity contribution is -0.140. The van der Waals surface area contributed by atoms with E-state index in [4.69, 9.17) is 10.8 Å². The van der Waals surface area contributed by atoms with E-state index in [1.165, 1.54) is 4.90 Å². The van der Waals surface area contributed by atoms with E-state index in [1.807, 2.05) is 13.8 Å². The second-order valence-corrected chi connectivity index (χ2v) is 4.40. The Balaban J connectivity index is 4.41. The Bertz CT molecular complexity index is 319. The minimum atomic E-state index is -1.28. The number of nitrogens with one attached hydrogen (secondary N) is 1. The third-order valence-corrected chi connectivity index (χ3v) is 2.63. The molecule has 3 amide bonds. The van der Waals surface area contributed by atoms with Crippen molar-refractivity contribution in [2.45, 2.75) is 32.7 Å². The molecule has 18 heavy (non-hydrogen) atoms. The Morgan fingerprint density at radius 2 is 1.94 bits per heavy atom. The van der Waals surface area contributed by atoms with E-state index in [9.17, 15) is 14.4 Å². The molecule has 0 fully saturated rings. The van der Waals surface area contributed by atoms with Crippen molar-refractivity contribution < 1.29 is 19.5 Å². The molecule has 4 N–H and O–H groups in total. The standard InChI is InChI=1S/C11H21N3O4/c1-4-7(2)6-14(3)11(18)13-8(10(16)17)5-9(12)15/h7-8H,4-6H2,1-3H3,(H2,12,15)(H,13,18)(H,16,17)/t7?,8-/m0/s1. The van der Waals surface area contributed by atoms with Crippen LogP contribution in [-0.4, -0.2) is 47.5 Å². The van der Waals surface area contributed by atoms with Gasteiger partial charge in [-0.2, -0.15) is 0 Å². The molecular formula is C11H21N3O4. The zero-order valence-electron chi connectivity index (χ0n) is 11.0. The van der Waals surface area contributed by atoms with Gasteiger partial charge in [-0.15, -0.1) is 0 Å². The zero-order chi connectivity index (χ0) is 14.3. The lowest BCUT2D eigenvalue weighted by Gasteiger charge is -2.23. The van der Waals surface area contributed by atoms with Crippen LogP contribution in [0.4, 0.5) is 4.79 Å². The largest absolute Gasteiger partial charge is 0.480 e. The van der Waals surface area contributed by atoms with Crippen molar-refractivity contribution in [2.75, 3.05) is 13.6 Å². The maximum atomic E-state index is 11.7. The molecule has 0 saturated heterocycles. The van der Waals surface area contributed by atoms with Crippen LogP contribution in [0.1, 0.15) is 26.7 Å². The van der Waals surface area contributed by atoms with Crippen LogP contribution in [0.5, 0.6) is 0 Å². The lowest BCUT2D eigenvalue weighted by atomic mass is 10.1. The van der Waals surface area contributed by atoms with Crippen molar-refractivity contribution in [3.8, 4) is 0 Å². The number of urea groups is 1. The summed E-state index contributed by atoms with van der Waals surface area (Å²) in [5, 5.41) is 11.1. The highest BCUT2D eigenvalue weighted by atomic mass is 16.4. The lowest BCUT2D eigenvalue weighted by Crippen LogP contribution is -2.48. The average molecular weight is 259 g/mol. The molecule has 0 aromatic carbocycles. The first-order chi connectivity index (χ1) is 8.27. The highest BCUT2D eigenvalue weighted by Crippen LogP contribution is 2.03. The molecule has 1 unspecified atom stereocenters. The molecule has 0 aromatic heterocycles. The van der Waals surface area contributed by atoms with E-state index in [-0.39, 0.29) is 0 Å². The number of carboxylic acids is 1. The van der Waals surface area contributed by atoms with Gasteiger partial charge in [0.1, 0.15) is 6.04 Å². The Kier molecular flexibility index (Phi) is 6.77. The smallest absolute Gasteiger partial charge is 0.326 e. The molecule has 0 radical (unpaired) electrons. The fourth-order valence-electron chi connectivity index (χ4n) is 1.34. The summed E-state index contributed by atoms with van der Waals surface area (Å²) in [5.41, 5.74) is 4.92. The highest BCUT2D eigenvalue weighted by Gasteiger charge is 2.23. The molecule has 0 saturated carbocycles. The topological polar surface area (TPSA) is 113 Å². The number of carboxylic acid groups (broad SMARTS) is 1. The van der Waals surface area contributed by atoms with Gasteiger partial charge < -0.3 is 21.1 Å². The number of hydrogen-bond donors (Lipinski definition) is 3. The van der Waals surface area contributed by atoms with Gasteiger partial charge in [0.05, 0.1) is 6.42 Å². The van der Waals surface area contributed by atoms with Crippen molar-refractivity contribution in [3.05, 3.63) is 0 Å². The first-order valence-electron chi connectivity index (χ1n) is 5.80. The second kappa shape index (κ2) is 7.52. The quantitative estimate of drug-likeness (QED) is 0.597. The number of primary amides is 1. The summed E-state index contributed by atoms with van der Waals surface area (Å²) in [5.74, 6) is -1.73. The predicted molar refractivity (Wildman–Crippen MR) is 65.9 cm³/mol. The summed E-state index contributed by atoms with van der Waals surface area (Å²) in [4.78, 5) is 34.6. The number of hydrogen-bond acceptors (Lipinski definition) is 3. The first kappa shape index (κ1) is 16.2. The second-order valence-electron chi connectivity index (χ2n) is 4.40. The van der Waals surface area contributed by atoms with Crippen LogP contribution in [0.2, 0.25) is 0 Å². The maximum absolute atomic E-state index is 11.7. The normalized spacial score (nSPS) is 13.5. The summed E-state index contributed by atoms with van der Waals surface area (Å²) >= 11 is 0. The van der Waals surface area contributed by atoms with Crippen molar-refractivity contribution in [1.29, 1.82) is 0 Å². The Hall–Kier alpha value is -1.79. The van der Waals surface area contributed by atoms with Gasteiger partial charge in [-0.3, -0.25) is 4.79 Å². The molecule has 0 spiro atoms. The summed E-state index contributed by atoms with van der Waals surface area (Å²) in [7, 11) is 1.57. The first-order valence-corrected chi connectivity index (χ1v) is 5.80. The summed E-state index contributed by atoms with van der Waals surface area (Å²) in [6, 6.07) is -1.81. The van der Waals surface area contributed by atoms with Gasteiger partial charge in [-0.05, 0) is 5.92 Å². The number of nitrogens with zero attached hydrogens (tertiary/aromatic N) is 1. The zero-order valence-corrected chi connectivity index (χ0v) is 11.0. The third kappa shape index (κ3) is 6.07. The van der Waals surface area contributed by atoms with E-state index in [2.05, 4.69) is 5.32 Å². The number of aliphatic carboxylic acids is 1. The number of rotatable bonds is 7. The highest BCUT2D eigenvalue weighted by molar-refractivity contribution is 5.87. The molecule has 0 heterocycles. The molecule has 2 atom stereocenters.